The lowest BCUT2D eigenvalue weighted by Crippen LogP contribution is -2.41. The summed E-state index contributed by atoms with van der Waals surface area (Å²) in [6.45, 7) is 11.1. The first-order valence-electron chi connectivity index (χ1n) is 7.42. The zero-order chi connectivity index (χ0) is 16.1. The topological polar surface area (TPSA) is 36.3 Å². The van der Waals surface area contributed by atoms with E-state index in [1.165, 1.54) is 11.3 Å². The first-order valence-corrected chi connectivity index (χ1v) is 8.61. The average Bonchev–Trinajstić information content (AvgIpc) is 3.06. The molecule has 0 saturated carbocycles. The molecule has 0 atom stereocenters. The maximum Gasteiger partial charge on any atom is 0.498 e. The molecule has 1 saturated heterocycles. The molecule has 118 valence electrons. The number of thiophene rings is 1. The molecule has 0 bridgehead atoms. The molecule has 1 aliphatic rings. The van der Waals surface area contributed by atoms with Crippen LogP contribution in [-0.2, 0) is 15.9 Å². The molecule has 2 aromatic heterocycles. The van der Waals surface area contributed by atoms with Crippen molar-refractivity contribution in [3.8, 4) is 10.6 Å². The third-order valence-electron chi connectivity index (χ3n) is 4.43. The SMILES string of the molecule is CCn1cc(B2OC(C)(C)C(C)(C)O2)c(-c2ccc(Cl)s2)n1. The van der Waals surface area contributed by atoms with Crippen LogP contribution in [-0.4, -0.2) is 28.1 Å². The molecule has 7 heteroatoms. The highest BCUT2D eigenvalue weighted by Gasteiger charge is 2.52. The summed E-state index contributed by atoms with van der Waals surface area (Å²) in [7, 11) is -0.416. The molecule has 22 heavy (non-hydrogen) atoms. The Morgan fingerprint density at radius 1 is 1.23 bits per heavy atom. The summed E-state index contributed by atoms with van der Waals surface area (Å²) < 4.78 is 15.0. The smallest absolute Gasteiger partial charge is 0.399 e. The molecule has 4 nitrogen and oxygen atoms in total. The molecule has 0 aliphatic carbocycles. The number of hydrogen-bond donors (Lipinski definition) is 0. The van der Waals surface area contributed by atoms with E-state index >= 15 is 0 Å². The van der Waals surface area contributed by atoms with E-state index in [1.54, 1.807) is 0 Å². The fourth-order valence-corrected chi connectivity index (χ4v) is 3.42. The Kier molecular flexibility index (Phi) is 3.92. The van der Waals surface area contributed by atoms with Crippen molar-refractivity contribution in [3.05, 3.63) is 22.7 Å². The van der Waals surface area contributed by atoms with Gasteiger partial charge in [-0.05, 0) is 46.8 Å². The lowest BCUT2D eigenvalue weighted by molar-refractivity contribution is 0.00578. The van der Waals surface area contributed by atoms with Gasteiger partial charge < -0.3 is 9.31 Å². The van der Waals surface area contributed by atoms with Gasteiger partial charge in [-0.3, -0.25) is 4.68 Å². The second-order valence-electron chi connectivity index (χ2n) is 6.48. The highest BCUT2D eigenvalue weighted by atomic mass is 35.5. The number of aromatic nitrogens is 2. The summed E-state index contributed by atoms with van der Waals surface area (Å²) in [5.41, 5.74) is 1.11. The van der Waals surface area contributed by atoms with E-state index in [1.807, 2.05) is 23.0 Å². The van der Waals surface area contributed by atoms with E-state index in [2.05, 4.69) is 39.7 Å². The fourth-order valence-electron chi connectivity index (χ4n) is 2.37. The largest absolute Gasteiger partial charge is 0.498 e. The third kappa shape index (κ3) is 2.62. The summed E-state index contributed by atoms with van der Waals surface area (Å²) in [5, 5.41) is 4.66. The van der Waals surface area contributed by atoms with Crippen molar-refractivity contribution >= 4 is 35.5 Å². The molecule has 2 aromatic rings. The monoisotopic (exact) mass is 338 g/mol. The maximum atomic E-state index is 6.17. The van der Waals surface area contributed by atoms with Crippen LogP contribution in [0.2, 0.25) is 4.34 Å². The molecule has 3 heterocycles. The van der Waals surface area contributed by atoms with Gasteiger partial charge in [0.25, 0.3) is 0 Å². The van der Waals surface area contributed by atoms with Crippen molar-refractivity contribution < 1.29 is 9.31 Å². The van der Waals surface area contributed by atoms with Crippen molar-refractivity contribution in [3.63, 3.8) is 0 Å². The number of hydrogen-bond acceptors (Lipinski definition) is 4. The van der Waals surface area contributed by atoms with Crippen LogP contribution in [0.25, 0.3) is 10.6 Å². The third-order valence-corrected chi connectivity index (χ3v) is 5.67. The molecule has 0 radical (unpaired) electrons. The molecular weight excluding hydrogens is 319 g/mol. The first-order chi connectivity index (χ1) is 10.2. The Morgan fingerprint density at radius 3 is 2.36 bits per heavy atom. The standard InChI is InChI=1S/C15H20BClN2O2S/c1-6-19-9-10(13(18-19)11-7-8-12(17)22-11)16-20-14(2,3)15(4,5)21-16/h7-9H,6H2,1-5H3. The van der Waals surface area contributed by atoms with E-state index in [-0.39, 0.29) is 11.2 Å². The summed E-state index contributed by atoms with van der Waals surface area (Å²) >= 11 is 7.59. The Bertz CT molecular complexity index is 680. The van der Waals surface area contributed by atoms with Gasteiger partial charge in [-0.25, -0.2) is 0 Å². The second kappa shape index (κ2) is 5.37. The second-order valence-corrected chi connectivity index (χ2v) is 8.20. The quantitative estimate of drug-likeness (QED) is 0.803. The van der Waals surface area contributed by atoms with Gasteiger partial charge in [-0.15, -0.1) is 11.3 Å². The van der Waals surface area contributed by atoms with Crippen molar-refractivity contribution in [2.24, 2.45) is 0 Å². The minimum absolute atomic E-state index is 0.365. The highest BCUT2D eigenvalue weighted by molar-refractivity contribution is 7.19. The molecular formula is C15H20BClN2O2S. The Balaban J connectivity index is 2.03. The predicted molar refractivity (Wildman–Crippen MR) is 91.9 cm³/mol. The predicted octanol–water partition coefficient (Wildman–Crippen LogP) is 3.58. The van der Waals surface area contributed by atoms with Crippen LogP contribution in [0.15, 0.2) is 18.3 Å². The summed E-state index contributed by atoms with van der Waals surface area (Å²) in [6, 6.07) is 3.88. The van der Waals surface area contributed by atoms with E-state index < -0.39 is 7.12 Å². The lowest BCUT2D eigenvalue weighted by atomic mass is 9.79. The van der Waals surface area contributed by atoms with Gasteiger partial charge in [-0.1, -0.05) is 11.6 Å². The number of rotatable bonds is 3. The molecule has 3 rings (SSSR count). The van der Waals surface area contributed by atoms with E-state index in [0.29, 0.717) is 0 Å². The van der Waals surface area contributed by atoms with Crippen molar-refractivity contribution in [1.29, 1.82) is 0 Å². The summed E-state index contributed by atoms with van der Waals surface area (Å²) in [5.74, 6) is 0. The van der Waals surface area contributed by atoms with Crippen LogP contribution < -0.4 is 5.46 Å². The summed E-state index contributed by atoms with van der Waals surface area (Å²) in [6.07, 6.45) is 2.01. The van der Waals surface area contributed by atoms with Crippen LogP contribution in [0.5, 0.6) is 0 Å². The van der Waals surface area contributed by atoms with E-state index in [9.17, 15) is 0 Å². The van der Waals surface area contributed by atoms with E-state index in [4.69, 9.17) is 20.9 Å². The molecule has 0 amide bonds. The molecule has 0 aromatic carbocycles. The first kappa shape index (κ1) is 16.1. The van der Waals surface area contributed by atoms with Gasteiger partial charge >= 0.3 is 7.12 Å². The van der Waals surface area contributed by atoms with Gasteiger partial charge in [0.15, 0.2) is 0 Å². The van der Waals surface area contributed by atoms with Crippen molar-refractivity contribution in [2.75, 3.05) is 0 Å². The maximum absolute atomic E-state index is 6.17. The Hall–Kier alpha value is -0.815. The van der Waals surface area contributed by atoms with Gasteiger partial charge in [0.2, 0.25) is 0 Å². The molecule has 0 unspecified atom stereocenters. The Morgan fingerprint density at radius 2 is 1.86 bits per heavy atom. The zero-order valence-electron chi connectivity index (χ0n) is 13.5. The van der Waals surface area contributed by atoms with Crippen LogP contribution >= 0.6 is 22.9 Å². The van der Waals surface area contributed by atoms with Crippen LogP contribution in [0.4, 0.5) is 0 Å². The normalized spacial score (nSPS) is 19.8. The highest BCUT2D eigenvalue weighted by Crippen LogP contribution is 2.38. The van der Waals surface area contributed by atoms with Crippen molar-refractivity contribution in [1.82, 2.24) is 9.78 Å². The number of halogens is 1. The molecule has 1 fully saturated rings. The van der Waals surface area contributed by atoms with Crippen molar-refractivity contribution in [2.45, 2.75) is 52.4 Å². The fraction of sp³-hybridized carbons (Fsp3) is 0.533. The minimum atomic E-state index is -0.416. The zero-order valence-corrected chi connectivity index (χ0v) is 15.1. The lowest BCUT2D eigenvalue weighted by Gasteiger charge is -2.32. The van der Waals surface area contributed by atoms with Gasteiger partial charge in [0, 0.05) is 18.2 Å². The van der Waals surface area contributed by atoms with Crippen LogP contribution in [0, 0.1) is 0 Å². The molecule has 1 aliphatic heterocycles. The number of aryl methyl sites for hydroxylation is 1. The van der Waals surface area contributed by atoms with Crippen LogP contribution in [0.3, 0.4) is 0 Å². The average molecular weight is 339 g/mol. The van der Waals surface area contributed by atoms with E-state index in [0.717, 1.165) is 26.9 Å². The van der Waals surface area contributed by atoms with Crippen LogP contribution in [0.1, 0.15) is 34.6 Å². The van der Waals surface area contributed by atoms with Gasteiger partial charge in [-0.2, -0.15) is 5.10 Å². The number of nitrogens with zero attached hydrogens (tertiary/aromatic N) is 2. The molecule has 0 spiro atoms. The minimum Gasteiger partial charge on any atom is -0.399 e. The van der Waals surface area contributed by atoms with Gasteiger partial charge in [0.1, 0.15) is 5.69 Å². The summed E-state index contributed by atoms with van der Waals surface area (Å²) in [4.78, 5) is 1.03. The molecule has 0 N–H and O–H groups in total. The van der Waals surface area contributed by atoms with Gasteiger partial charge in [0.05, 0.1) is 20.4 Å². The Labute approximate surface area is 140 Å².